The number of guanidine groups is 1. The number of pyridine rings is 1. The number of hydrogen-bond acceptors (Lipinski definition) is 3. The molecule has 0 aliphatic carbocycles. The molecule has 0 saturated heterocycles. The smallest absolute Gasteiger partial charge is 1.00 e. The van der Waals surface area contributed by atoms with Gasteiger partial charge in [-0.3, -0.25) is 0 Å². The van der Waals surface area contributed by atoms with Gasteiger partial charge in [-0.1, -0.05) is 35.9 Å². The first-order valence-electron chi connectivity index (χ1n) is 6.97. The van der Waals surface area contributed by atoms with Crippen LogP contribution in [0.1, 0.15) is 11.8 Å². The minimum atomic E-state index is -0.983. The summed E-state index contributed by atoms with van der Waals surface area (Å²) in [6, 6.07) is 12.2. The number of aromatic nitrogens is 1. The third-order valence-corrected chi connectivity index (χ3v) is 3.80. The standard InChI is InChI=1S/C17H13ClN4O2.Li.H/c18-14-8-21-15(22-17(19)20)13-7-10(4-5-12(13)14)9-2-1-3-11(6-9)16(23)24;;/h1-8H,(H,23,24)(H4,19,20,21,22);;/q;+1;-1. The molecule has 0 saturated carbocycles. The van der Waals surface area contributed by atoms with Gasteiger partial charge < -0.3 is 18.0 Å². The van der Waals surface area contributed by atoms with Crippen molar-refractivity contribution in [3.8, 4) is 11.1 Å². The normalized spacial score (nSPS) is 10.1. The summed E-state index contributed by atoms with van der Waals surface area (Å²) < 4.78 is 0. The van der Waals surface area contributed by atoms with Crippen molar-refractivity contribution >= 4 is 40.1 Å². The van der Waals surface area contributed by atoms with Gasteiger partial charge in [0.15, 0.2) is 11.8 Å². The molecule has 6 nitrogen and oxygen atoms in total. The third-order valence-electron chi connectivity index (χ3n) is 3.50. The van der Waals surface area contributed by atoms with E-state index in [0.29, 0.717) is 16.2 Å². The summed E-state index contributed by atoms with van der Waals surface area (Å²) in [6.07, 6.45) is 1.48. The molecular weight excluding hydrogens is 335 g/mol. The number of aliphatic imine (C=N–C) groups is 1. The van der Waals surface area contributed by atoms with E-state index in [1.807, 2.05) is 24.3 Å². The topological polar surface area (TPSA) is 115 Å². The van der Waals surface area contributed by atoms with Gasteiger partial charge in [0.2, 0.25) is 0 Å². The predicted octanol–water partition coefficient (Wildman–Crippen LogP) is 0.275. The SMILES string of the molecule is NC(N)=Nc1ncc(Cl)c2ccc(-c3cccc(C(=O)O)c3)cc12.[H-].[Li+]. The van der Waals surface area contributed by atoms with Crippen LogP contribution >= 0.6 is 11.6 Å². The van der Waals surface area contributed by atoms with Gasteiger partial charge in [-0.25, -0.2) is 9.78 Å². The Morgan fingerprint density at radius 1 is 1.12 bits per heavy atom. The number of nitrogens with zero attached hydrogens (tertiary/aromatic N) is 2. The van der Waals surface area contributed by atoms with E-state index in [9.17, 15) is 4.79 Å². The molecule has 0 amide bonds. The van der Waals surface area contributed by atoms with Crippen LogP contribution in [-0.4, -0.2) is 22.0 Å². The van der Waals surface area contributed by atoms with Crippen molar-refractivity contribution in [1.82, 2.24) is 4.98 Å². The van der Waals surface area contributed by atoms with Crippen LogP contribution in [0.15, 0.2) is 53.7 Å². The van der Waals surface area contributed by atoms with E-state index in [2.05, 4.69) is 9.98 Å². The van der Waals surface area contributed by atoms with Crippen LogP contribution in [0, 0.1) is 0 Å². The number of carbonyl (C=O) groups is 1. The van der Waals surface area contributed by atoms with Gasteiger partial charge in [-0.05, 0) is 29.3 Å². The largest absolute Gasteiger partial charge is 1.00 e. The molecule has 2 aromatic carbocycles. The third kappa shape index (κ3) is 3.94. The summed E-state index contributed by atoms with van der Waals surface area (Å²) in [4.78, 5) is 19.3. The molecule has 1 heterocycles. The molecule has 0 spiro atoms. The first-order valence-corrected chi connectivity index (χ1v) is 7.35. The molecule has 1 aromatic heterocycles. The first-order chi connectivity index (χ1) is 11.5. The second-order valence-corrected chi connectivity index (χ2v) is 5.52. The number of fused-ring (bicyclic) bond motifs is 1. The predicted molar refractivity (Wildman–Crippen MR) is 95.7 cm³/mol. The molecule has 3 aromatic rings. The average molecular weight is 349 g/mol. The maximum atomic E-state index is 11.1. The Hall–Kier alpha value is -2.52. The van der Waals surface area contributed by atoms with Crippen molar-refractivity contribution in [3.05, 3.63) is 59.2 Å². The fourth-order valence-electron chi connectivity index (χ4n) is 2.42. The number of benzene rings is 2. The summed E-state index contributed by atoms with van der Waals surface area (Å²) in [7, 11) is 0. The summed E-state index contributed by atoms with van der Waals surface area (Å²) in [5, 5.41) is 11.0. The Morgan fingerprint density at radius 3 is 2.52 bits per heavy atom. The zero-order chi connectivity index (χ0) is 17.3. The van der Waals surface area contributed by atoms with Crippen molar-refractivity contribution in [2.45, 2.75) is 0 Å². The van der Waals surface area contributed by atoms with Crippen molar-refractivity contribution in [2.24, 2.45) is 16.5 Å². The van der Waals surface area contributed by atoms with E-state index < -0.39 is 5.97 Å². The molecule has 0 fully saturated rings. The van der Waals surface area contributed by atoms with E-state index in [-0.39, 0.29) is 31.8 Å². The van der Waals surface area contributed by atoms with Crippen LogP contribution in [0.5, 0.6) is 0 Å². The minimum absolute atomic E-state index is 0. The average Bonchev–Trinajstić information content (AvgIpc) is 2.57. The second kappa shape index (κ2) is 7.58. The fraction of sp³-hybridized carbons (Fsp3) is 0. The van der Waals surface area contributed by atoms with Crippen LogP contribution in [0.3, 0.4) is 0 Å². The Kier molecular flexibility index (Phi) is 5.70. The number of nitrogens with two attached hydrogens (primary N) is 2. The molecule has 5 N–H and O–H groups in total. The van der Waals surface area contributed by atoms with E-state index in [1.54, 1.807) is 12.1 Å². The van der Waals surface area contributed by atoms with Crippen LogP contribution in [-0.2, 0) is 0 Å². The Labute approximate surface area is 162 Å². The van der Waals surface area contributed by atoms with Crippen LogP contribution in [0.2, 0.25) is 5.02 Å². The molecule has 8 heteroatoms. The number of hydrogen-bond donors (Lipinski definition) is 3. The van der Waals surface area contributed by atoms with E-state index >= 15 is 0 Å². The van der Waals surface area contributed by atoms with Crippen LogP contribution in [0.4, 0.5) is 5.82 Å². The van der Waals surface area contributed by atoms with Crippen molar-refractivity contribution in [1.29, 1.82) is 0 Å². The number of halogens is 1. The van der Waals surface area contributed by atoms with Gasteiger partial charge in [-0.15, -0.1) is 0 Å². The quantitative estimate of drug-likeness (QED) is 0.357. The number of carboxylic acids is 1. The van der Waals surface area contributed by atoms with Gasteiger partial charge in [0.1, 0.15) is 0 Å². The van der Waals surface area contributed by atoms with Crippen LogP contribution in [0.25, 0.3) is 21.9 Å². The maximum absolute atomic E-state index is 11.1. The van der Waals surface area contributed by atoms with E-state index in [1.165, 1.54) is 12.3 Å². The monoisotopic (exact) mass is 348 g/mol. The fourth-order valence-corrected chi connectivity index (χ4v) is 2.63. The van der Waals surface area contributed by atoms with E-state index in [0.717, 1.165) is 16.5 Å². The van der Waals surface area contributed by atoms with Crippen molar-refractivity contribution in [2.75, 3.05) is 0 Å². The molecule has 0 aliphatic heterocycles. The van der Waals surface area contributed by atoms with Gasteiger partial charge in [0.25, 0.3) is 0 Å². The number of aromatic carboxylic acids is 1. The molecule has 122 valence electrons. The van der Waals surface area contributed by atoms with Gasteiger partial charge in [0.05, 0.1) is 10.6 Å². The number of carboxylic acid groups (broad SMARTS) is 1. The Bertz CT molecular complexity index is 994. The molecule has 25 heavy (non-hydrogen) atoms. The molecule has 0 aliphatic rings. The number of rotatable bonds is 3. The molecule has 3 rings (SSSR count). The Morgan fingerprint density at radius 2 is 1.84 bits per heavy atom. The van der Waals surface area contributed by atoms with Gasteiger partial charge >= 0.3 is 24.8 Å². The first kappa shape index (κ1) is 18.8. The molecule has 0 atom stereocenters. The Balaban J connectivity index is 0.00000169. The zero-order valence-corrected chi connectivity index (χ0v) is 14.2. The summed E-state index contributed by atoms with van der Waals surface area (Å²) >= 11 is 6.18. The van der Waals surface area contributed by atoms with Gasteiger partial charge in [-0.2, -0.15) is 4.99 Å². The summed E-state index contributed by atoms with van der Waals surface area (Å²) in [5.41, 5.74) is 12.7. The summed E-state index contributed by atoms with van der Waals surface area (Å²) in [6.45, 7) is 0. The molecule has 0 radical (unpaired) electrons. The summed E-state index contributed by atoms with van der Waals surface area (Å²) in [5.74, 6) is -0.737. The molecular formula is C17H14ClLiN4O2. The van der Waals surface area contributed by atoms with Gasteiger partial charge in [0, 0.05) is 17.0 Å². The van der Waals surface area contributed by atoms with Crippen LogP contribution < -0.4 is 30.3 Å². The molecule has 0 unspecified atom stereocenters. The second-order valence-electron chi connectivity index (χ2n) is 5.11. The maximum Gasteiger partial charge on any atom is 1.00 e. The van der Waals surface area contributed by atoms with Crippen molar-refractivity contribution < 1.29 is 30.2 Å². The minimum Gasteiger partial charge on any atom is -1.00 e. The zero-order valence-electron chi connectivity index (χ0n) is 14.4. The van der Waals surface area contributed by atoms with Crippen molar-refractivity contribution in [3.63, 3.8) is 0 Å². The molecule has 0 bridgehead atoms. The van der Waals surface area contributed by atoms with E-state index in [4.69, 9.17) is 28.2 Å².